The first kappa shape index (κ1) is 30.0. The predicted octanol–water partition coefficient (Wildman–Crippen LogP) is 3.58. The van der Waals surface area contributed by atoms with Gasteiger partial charge in [-0.3, -0.25) is 9.69 Å². The van der Waals surface area contributed by atoms with Gasteiger partial charge in [-0.25, -0.2) is 9.78 Å². The summed E-state index contributed by atoms with van der Waals surface area (Å²) < 4.78 is 10.8. The number of hydrogen-bond donors (Lipinski definition) is 5. The first-order chi connectivity index (χ1) is 19.3. The molecule has 13 heteroatoms. The highest BCUT2D eigenvalue weighted by Gasteiger charge is 2.16. The van der Waals surface area contributed by atoms with Gasteiger partial charge in [0.05, 0.1) is 18.3 Å². The van der Waals surface area contributed by atoms with E-state index in [4.69, 9.17) is 26.7 Å². The Morgan fingerprint density at radius 1 is 1.05 bits per heavy atom. The molecule has 212 valence electrons. The van der Waals surface area contributed by atoms with Gasteiger partial charge in [-0.1, -0.05) is 36.8 Å². The van der Waals surface area contributed by atoms with Crippen LogP contribution < -0.4 is 32.2 Å². The minimum atomic E-state index is -0.679. The molecule has 2 aromatic carbocycles. The second-order valence-electron chi connectivity index (χ2n) is 8.67. The Morgan fingerprint density at radius 2 is 1.77 bits per heavy atom. The van der Waals surface area contributed by atoms with Crippen LogP contribution in [0.4, 0.5) is 33.5 Å². The fourth-order valence-electron chi connectivity index (χ4n) is 3.56. The van der Waals surface area contributed by atoms with Gasteiger partial charge in [0.1, 0.15) is 17.2 Å². The lowest BCUT2D eigenvalue weighted by molar-refractivity contribution is -0.117. The van der Waals surface area contributed by atoms with Crippen molar-refractivity contribution in [2.24, 2.45) is 21.7 Å². The number of amides is 2. The van der Waals surface area contributed by atoms with Gasteiger partial charge in [-0.15, -0.1) is 10.2 Å². The number of aromatic nitrogens is 1. The van der Waals surface area contributed by atoms with Crippen molar-refractivity contribution in [3.63, 3.8) is 0 Å². The highest BCUT2D eigenvalue weighted by molar-refractivity contribution is 5.94. The smallest absolute Gasteiger partial charge is 0.416 e. The number of rotatable bonds is 13. The molecule has 2 amide bonds. The molecule has 0 saturated carbocycles. The van der Waals surface area contributed by atoms with Gasteiger partial charge in [0.15, 0.2) is 11.6 Å². The number of aliphatic hydroxyl groups excluding tert-OH is 1. The summed E-state index contributed by atoms with van der Waals surface area (Å²) in [6.45, 7) is -0.0566. The fourth-order valence-corrected chi connectivity index (χ4v) is 3.56. The van der Waals surface area contributed by atoms with E-state index in [0.717, 1.165) is 12.8 Å². The molecular weight excluding hydrogens is 516 g/mol. The number of ether oxygens (including phenoxy) is 2. The van der Waals surface area contributed by atoms with Crippen LogP contribution in [0.15, 0.2) is 70.9 Å². The summed E-state index contributed by atoms with van der Waals surface area (Å²) in [5.41, 5.74) is 19.1. The van der Waals surface area contributed by atoms with E-state index < -0.39 is 12.1 Å². The summed E-state index contributed by atoms with van der Waals surface area (Å²) in [7, 11) is 1.53. The molecule has 0 saturated heterocycles. The highest BCUT2D eigenvalue weighted by Crippen LogP contribution is 2.30. The third-order valence-corrected chi connectivity index (χ3v) is 5.78. The third kappa shape index (κ3) is 8.46. The number of carbonyl (C=O) groups excluding carboxylic acids is 2. The number of benzene rings is 2. The first-order valence-electron chi connectivity index (χ1n) is 12.6. The number of aliphatic hydroxyl groups is 1. The molecule has 3 rings (SSSR count). The van der Waals surface area contributed by atoms with Crippen molar-refractivity contribution in [1.29, 1.82) is 0 Å². The predicted molar refractivity (Wildman–Crippen MR) is 152 cm³/mol. The van der Waals surface area contributed by atoms with E-state index in [1.807, 2.05) is 0 Å². The molecule has 0 radical (unpaired) electrons. The van der Waals surface area contributed by atoms with Crippen LogP contribution in [-0.2, 0) is 16.1 Å². The van der Waals surface area contributed by atoms with Crippen LogP contribution in [0.3, 0.4) is 0 Å². The van der Waals surface area contributed by atoms with Crippen LogP contribution in [0.25, 0.3) is 0 Å². The van der Waals surface area contributed by atoms with Crippen molar-refractivity contribution in [1.82, 2.24) is 4.98 Å². The number of nitrogens with zero attached hydrogens (tertiary/aromatic N) is 4. The number of pyridine rings is 1. The fraction of sp³-hybridized carbons (Fsp3) is 0.296. The average Bonchev–Trinajstić information content (AvgIpc) is 2.96. The molecule has 13 nitrogen and oxygen atoms in total. The standard InChI is InChI=1S/C27H34N8O5/c1-35(22-11-4-2-8-18(22)16-36)27(38)40-17-39-23-12-5-3-10-20(23)33-34-21-13-14-24(31-25(21)30)32-26(37)19(29)9-6-7-15-28/h2-5,8,10-14,19,36H,6-7,9,15-17,28-29H2,1H3,(H3,30,31,32,37)/t19-/m0/s1. The van der Waals surface area contributed by atoms with Crippen LogP contribution in [0.5, 0.6) is 5.75 Å². The molecule has 1 aromatic heterocycles. The Bertz CT molecular complexity index is 1320. The molecule has 0 unspecified atom stereocenters. The van der Waals surface area contributed by atoms with Gasteiger partial charge in [-0.2, -0.15) is 0 Å². The molecule has 0 spiro atoms. The normalized spacial score (nSPS) is 11.7. The maximum absolute atomic E-state index is 12.5. The number of nitrogen functional groups attached to an aromatic ring is 1. The van der Waals surface area contributed by atoms with E-state index in [-0.39, 0.29) is 36.6 Å². The summed E-state index contributed by atoms with van der Waals surface area (Å²) in [5, 5.41) is 20.5. The van der Waals surface area contributed by atoms with E-state index in [9.17, 15) is 14.7 Å². The molecule has 0 aliphatic carbocycles. The molecule has 0 fully saturated rings. The topological polar surface area (TPSA) is 204 Å². The van der Waals surface area contributed by atoms with E-state index >= 15 is 0 Å². The molecule has 8 N–H and O–H groups in total. The van der Waals surface area contributed by atoms with Gasteiger partial charge in [0.2, 0.25) is 12.7 Å². The van der Waals surface area contributed by atoms with Gasteiger partial charge in [-0.05, 0) is 49.7 Å². The number of carbonyl (C=O) groups is 2. The zero-order valence-electron chi connectivity index (χ0n) is 22.2. The highest BCUT2D eigenvalue weighted by atomic mass is 16.7. The van der Waals surface area contributed by atoms with Crippen molar-refractivity contribution in [3.8, 4) is 5.75 Å². The maximum atomic E-state index is 12.5. The summed E-state index contributed by atoms with van der Waals surface area (Å²) in [4.78, 5) is 30.2. The zero-order chi connectivity index (χ0) is 28.9. The summed E-state index contributed by atoms with van der Waals surface area (Å²) in [6, 6.07) is 16.1. The van der Waals surface area contributed by atoms with Crippen LogP contribution in [-0.4, -0.2) is 48.5 Å². The van der Waals surface area contributed by atoms with Crippen molar-refractivity contribution >= 4 is 40.7 Å². The average molecular weight is 551 g/mol. The quantitative estimate of drug-likeness (QED) is 0.120. The van der Waals surface area contributed by atoms with Crippen molar-refractivity contribution in [2.45, 2.75) is 31.9 Å². The van der Waals surface area contributed by atoms with Crippen molar-refractivity contribution in [2.75, 3.05) is 36.3 Å². The number of para-hydroxylation sites is 2. The molecule has 0 bridgehead atoms. The second kappa shape index (κ2) is 15.1. The molecule has 1 heterocycles. The third-order valence-electron chi connectivity index (χ3n) is 5.78. The van der Waals surface area contributed by atoms with Crippen LogP contribution >= 0.6 is 0 Å². The molecule has 0 aliphatic heterocycles. The lowest BCUT2D eigenvalue weighted by Crippen LogP contribution is -2.35. The number of nitrogens with two attached hydrogens (primary N) is 3. The Hall–Kier alpha value is -4.59. The van der Waals surface area contributed by atoms with E-state index in [0.29, 0.717) is 35.7 Å². The summed E-state index contributed by atoms with van der Waals surface area (Å²) in [6.07, 6.45) is 1.40. The van der Waals surface area contributed by atoms with Crippen molar-refractivity contribution < 1.29 is 24.2 Å². The molecule has 40 heavy (non-hydrogen) atoms. The molecule has 0 aliphatic rings. The summed E-state index contributed by atoms with van der Waals surface area (Å²) in [5.74, 6) is 0.245. The minimum absolute atomic E-state index is 0.0526. The van der Waals surface area contributed by atoms with Crippen LogP contribution in [0.2, 0.25) is 0 Å². The zero-order valence-corrected chi connectivity index (χ0v) is 22.2. The number of anilines is 3. The minimum Gasteiger partial charge on any atom is -0.455 e. The molecule has 1 atom stereocenters. The van der Waals surface area contributed by atoms with Gasteiger partial charge in [0.25, 0.3) is 0 Å². The molecule has 3 aromatic rings. The van der Waals surface area contributed by atoms with E-state index in [2.05, 4.69) is 20.5 Å². The Labute approximate surface area is 232 Å². The Kier molecular flexibility index (Phi) is 11.3. The first-order valence-corrected chi connectivity index (χ1v) is 12.6. The lowest BCUT2D eigenvalue weighted by atomic mass is 10.1. The Morgan fingerprint density at radius 3 is 2.52 bits per heavy atom. The van der Waals surface area contributed by atoms with Gasteiger partial charge >= 0.3 is 6.09 Å². The number of azo groups is 1. The van der Waals surface area contributed by atoms with Crippen LogP contribution in [0, 0.1) is 0 Å². The summed E-state index contributed by atoms with van der Waals surface area (Å²) >= 11 is 0. The number of nitrogens with one attached hydrogen (secondary N) is 1. The number of unbranched alkanes of at least 4 members (excludes halogenated alkanes) is 1. The SMILES string of the molecule is CN(C(=O)OCOc1ccccc1N=Nc1ccc(NC(=O)[C@@H](N)CCCCN)nc1N)c1ccccc1CO. The van der Waals surface area contributed by atoms with Gasteiger partial charge in [0, 0.05) is 12.6 Å². The Balaban J connectivity index is 1.58. The lowest BCUT2D eigenvalue weighted by Gasteiger charge is -2.19. The van der Waals surface area contributed by atoms with Gasteiger partial charge < -0.3 is 37.1 Å². The maximum Gasteiger partial charge on any atom is 0.416 e. The second-order valence-corrected chi connectivity index (χ2v) is 8.67. The van der Waals surface area contributed by atoms with Crippen molar-refractivity contribution in [3.05, 3.63) is 66.2 Å². The van der Waals surface area contributed by atoms with Crippen LogP contribution in [0.1, 0.15) is 24.8 Å². The number of hydrogen-bond acceptors (Lipinski definition) is 11. The molecular formula is C27H34N8O5. The monoisotopic (exact) mass is 550 g/mol. The van der Waals surface area contributed by atoms with E-state index in [1.165, 1.54) is 11.9 Å². The van der Waals surface area contributed by atoms with E-state index in [1.54, 1.807) is 60.7 Å². The largest absolute Gasteiger partial charge is 0.455 e.